The summed E-state index contributed by atoms with van der Waals surface area (Å²) in [5, 5.41) is 0. The second-order valence-corrected chi connectivity index (χ2v) is 9.85. The molecule has 0 aliphatic carbocycles. The topological polar surface area (TPSA) is 83.5 Å². The van der Waals surface area contributed by atoms with Crippen LogP contribution in [0, 0.1) is 0 Å². The van der Waals surface area contributed by atoms with Gasteiger partial charge < -0.3 is 0 Å². The lowest BCUT2D eigenvalue weighted by atomic mass is 10.0. The summed E-state index contributed by atoms with van der Waals surface area (Å²) in [7, 11) is -6.94. The van der Waals surface area contributed by atoms with Crippen LogP contribution < -0.4 is 4.72 Å². The maximum atomic E-state index is 12.8. The van der Waals surface area contributed by atoms with E-state index in [2.05, 4.69) is 4.72 Å². The van der Waals surface area contributed by atoms with E-state index in [0.717, 1.165) is 19.3 Å². The van der Waals surface area contributed by atoms with Gasteiger partial charge in [-0.05, 0) is 57.9 Å². The zero-order valence-corrected chi connectivity index (χ0v) is 15.3. The summed E-state index contributed by atoms with van der Waals surface area (Å²) in [4.78, 5) is 0.192. The van der Waals surface area contributed by atoms with Crippen LogP contribution in [0.1, 0.15) is 40.0 Å². The molecule has 6 nitrogen and oxygen atoms in total. The third-order valence-corrected chi connectivity index (χ3v) is 7.65. The number of benzene rings is 1. The number of nitrogens with one attached hydrogen (secondary N) is 1. The molecule has 0 aromatic heterocycles. The van der Waals surface area contributed by atoms with E-state index in [1.165, 1.54) is 24.3 Å². The number of hydrogen-bond donors (Lipinski definition) is 1. The minimum Gasteiger partial charge on any atom is -0.284 e. The van der Waals surface area contributed by atoms with Crippen molar-refractivity contribution in [1.82, 2.24) is 4.31 Å². The molecule has 130 valence electrons. The van der Waals surface area contributed by atoms with Gasteiger partial charge in [0.05, 0.1) is 10.6 Å². The first-order valence-corrected chi connectivity index (χ1v) is 10.9. The maximum absolute atomic E-state index is 12.8. The van der Waals surface area contributed by atoms with E-state index in [1.807, 2.05) is 13.8 Å². The highest BCUT2D eigenvalue weighted by Crippen LogP contribution is 2.30. The molecule has 0 spiro atoms. The first-order valence-electron chi connectivity index (χ1n) is 7.81. The lowest BCUT2D eigenvalue weighted by molar-refractivity contribution is 0.204. The number of piperidine rings is 1. The van der Waals surface area contributed by atoms with Gasteiger partial charge in [-0.1, -0.05) is 6.42 Å². The lowest BCUT2D eigenvalue weighted by Gasteiger charge is -2.37. The van der Waals surface area contributed by atoms with Crippen LogP contribution >= 0.6 is 0 Å². The molecular weight excluding hydrogens is 336 g/mol. The first-order chi connectivity index (χ1) is 10.7. The molecule has 1 N–H and O–H groups in total. The van der Waals surface area contributed by atoms with Gasteiger partial charge in [0, 0.05) is 17.8 Å². The molecule has 2 rings (SSSR count). The van der Waals surface area contributed by atoms with E-state index >= 15 is 0 Å². The highest BCUT2D eigenvalue weighted by Gasteiger charge is 2.35. The van der Waals surface area contributed by atoms with E-state index in [4.69, 9.17) is 0 Å². The third-order valence-electron chi connectivity index (χ3n) is 4.20. The Bertz CT molecular complexity index is 732. The Morgan fingerprint density at radius 1 is 1.04 bits per heavy atom. The Labute approximate surface area is 139 Å². The van der Waals surface area contributed by atoms with Crippen molar-refractivity contribution in [2.45, 2.75) is 57.0 Å². The summed E-state index contributed by atoms with van der Waals surface area (Å²) >= 11 is 0. The normalized spacial score (nSPS) is 23.6. The van der Waals surface area contributed by atoms with Crippen LogP contribution in [0.2, 0.25) is 0 Å². The molecule has 2 unspecified atom stereocenters. The Kier molecular flexibility index (Phi) is 5.37. The zero-order valence-electron chi connectivity index (χ0n) is 13.7. The van der Waals surface area contributed by atoms with Gasteiger partial charge in [0.2, 0.25) is 20.0 Å². The molecule has 0 radical (unpaired) electrons. The van der Waals surface area contributed by atoms with E-state index in [9.17, 15) is 16.8 Å². The molecule has 1 aliphatic heterocycles. The van der Waals surface area contributed by atoms with E-state index in [-0.39, 0.29) is 22.7 Å². The van der Waals surface area contributed by atoms with Crippen LogP contribution in [0.3, 0.4) is 0 Å². The third kappa shape index (κ3) is 4.05. The molecule has 1 aromatic rings. The van der Waals surface area contributed by atoms with E-state index in [0.29, 0.717) is 5.69 Å². The molecule has 2 atom stereocenters. The van der Waals surface area contributed by atoms with Crippen LogP contribution in [-0.4, -0.2) is 39.0 Å². The van der Waals surface area contributed by atoms with Crippen molar-refractivity contribution >= 4 is 25.7 Å². The SMILES string of the molecule is CCS(=O)(=O)Nc1ccc(S(=O)(=O)N2C(C)CCCC2C)cc1. The average molecular weight is 361 g/mol. The Balaban J connectivity index is 2.27. The predicted octanol–water partition coefficient (Wildman–Crippen LogP) is 2.40. The minimum absolute atomic E-state index is 0.0259. The second kappa shape index (κ2) is 6.78. The van der Waals surface area contributed by atoms with Gasteiger partial charge in [-0.25, -0.2) is 16.8 Å². The number of anilines is 1. The molecule has 1 saturated heterocycles. The van der Waals surface area contributed by atoms with Crippen molar-refractivity contribution in [1.29, 1.82) is 0 Å². The molecule has 1 aromatic carbocycles. The van der Waals surface area contributed by atoms with Crippen molar-refractivity contribution in [2.75, 3.05) is 10.5 Å². The van der Waals surface area contributed by atoms with Gasteiger partial charge in [0.1, 0.15) is 0 Å². The second-order valence-electron chi connectivity index (χ2n) is 5.99. The standard InChI is InChI=1S/C15H24N2O4S2/c1-4-22(18,19)16-14-8-10-15(11-9-14)23(20,21)17-12(2)6-5-7-13(17)3/h8-13,16H,4-7H2,1-3H3. The Hall–Kier alpha value is -1.12. The monoisotopic (exact) mass is 360 g/mol. The summed E-state index contributed by atoms with van der Waals surface area (Å²) in [5.41, 5.74) is 0.366. The lowest BCUT2D eigenvalue weighted by Crippen LogP contribution is -2.47. The van der Waals surface area contributed by atoms with Gasteiger partial charge in [0.25, 0.3) is 0 Å². The van der Waals surface area contributed by atoms with Crippen LogP contribution in [0.15, 0.2) is 29.2 Å². The van der Waals surface area contributed by atoms with Crippen molar-refractivity contribution in [2.24, 2.45) is 0 Å². The van der Waals surface area contributed by atoms with Gasteiger partial charge >= 0.3 is 0 Å². The Morgan fingerprint density at radius 2 is 1.57 bits per heavy atom. The van der Waals surface area contributed by atoms with Gasteiger partial charge in [-0.3, -0.25) is 4.72 Å². The van der Waals surface area contributed by atoms with Crippen LogP contribution in [-0.2, 0) is 20.0 Å². The predicted molar refractivity (Wildman–Crippen MR) is 91.3 cm³/mol. The molecule has 1 aliphatic rings. The first kappa shape index (κ1) is 18.2. The number of sulfonamides is 2. The number of hydrogen-bond acceptors (Lipinski definition) is 4. The molecule has 0 bridgehead atoms. The fraction of sp³-hybridized carbons (Fsp3) is 0.600. The van der Waals surface area contributed by atoms with Gasteiger partial charge in [-0.15, -0.1) is 0 Å². The summed E-state index contributed by atoms with van der Waals surface area (Å²) in [6.45, 7) is 5.40. The van der Waals surface area contributed by atoms with Crippen LogP contribution in [0.4, 0.5) is 5.69 Å². The summed E-state index contributed by atoms with van der Waals surface area (Å²) in [5.74, 6) is -0.0319. The van der Waals surface area contributed by atoms with Gasteiger partial charge in [-0.2, -0.15) is 4.31 Å². The molecular formula is C15H24N2O4S2. The fourth-order valence-corrected chi connectivity index (χ4v) is 5.46. The zero-order chi connectivity index (χ0) is 17.3. The van der Waals surface area contributed by atoms with Gasteiger partial charge in [0.15, 0.2) is 0 Å². The van der Waals surface area contributed by atoms with Crippen LogP contribution in [0.5, 0.6) is 0 Å². The summed E-state index contributed by atoms with van der Waals surface area (Å²) in [6, 6.07) is 5.83. The average Bonchev–Trinajstić information content (AvgIpc) is 2.47. The number of nitrogens with zero attached hydrogens (tertiary/aromatic N) is 1. The van der Waals surface area contributed by atoms with Crippen molar-refractivity contribution in [3.8, 4) is 0 Å². The van der Waals surface area contributed by atoms with Crippen molar-refractivity contribution < 1.29 is 16.8 Å². The molecule has 1 fully saturated rings. The number of rotatable bonds is 5. The van der Waals surface area contributed by atoms with Crippen LogP contribution in [0.25, 0.3) is 0 Å². The smallest absolute Gasteiger partial charge is 0.243 e. The fourth-order valence-electron chi connectivity index (χ4n) is 2.94. The summed E-state index contributed by atoms with van der Waals surface area (Å²) in [6.07, 6.45) is 2.75. The maximum Gasteiger partial charge on any atom is 0.243 e. The van der Waals surface area contributed by atoms with E-state index in [1.54, 1.807) is 11.2 Å². The molecule has 0 saturated carbocycles. The molecule has 23 heavy (non-hydrogen) atoms. The highest BCUT2D eigenvalue weighted by atomic mass is 32.2. The quantitative estimate of drug-likeness (QED) is 0.874. The van der Waals surface area contributed by atoms with Crippen molar-refractivity contribution in [3.05, 3.63) is 24.3 Å². The Morgan fingerprint density at radius 3 is 2.04 bits per heavy atom. The summed E-state index contributed by atoms with van der Waals surface area (Å²) < 4.78 is 52.8. The minimum atomic E-state index is -3.57. The molecule has 0 amide bonds. The molecule has 8 heteroatoms. The van der Waals surface area contributed by atoms with E-state index < -0.39 is 20.0 Å². The largest absolute Gasteiger partial charge is 0.284 e. The molecule has 1 heterocycles. The van der Waals surface area contributed by atoms with Crippen molar-refractivity contribution in [3.63, 3.8) is 0 Å². The highest BCUT2D eigenvalue weighted by molar-refractivity contribution is 7.92.